The topological polar surface area (TPSA) is 57.9 Å². The fourth-order valence-corrected chi connectivity index (χ4v) is 1.17. The number of ether oxygens (including phenoxy) is 1. The minimum Gasteiger partial charge on any atom is -0.380 e. The smallest absolute Gasteiger partial charge is 0.380 e. The van der Waals surface area contributed by atoms with Crippen molar-refractivity contribution in [3.8, 4) is 6.07 Å². The summed E-state index contributed by atoms with van der Waals surface area (Å²) in [4.78, 5) is 3.41. The number of hydrogen-bond acceptors (Lipinski definition) is 4. The van der Waals surface area contributed by atoms with Crippen molar-refractivity contribution in [2.45, 2.75) is 19.2 Å². The van der Waals surface area contributed by atoms with Crippen LogP contribution in [0.5, 0.6) is 0 Å². The molecule has 0 bridgehead atoms. The number of nitrogens with zero attached hydrogens (tertiary/aromatic N) is 2. The fraction of sp³-hybridized carbons (Fsp3) is 0.455. The predicted molar refractivity (Wildman–Crippen MR) is 58.9 cm³/mol. The number of anilines is 1. The summed E-state index contributed by atoms with van der Waals surface area (Å²) in [5, 5.41) is 11.5. The van der Waals surface area contributed by atoms with Gasteiger partial charge in [-0.2, -0.15) is 18.4 Å². The van der Waals surface area contributed by atoms with Crippen LogP contribution in [0.1, 0.15) is 18.2 Å². The SMILES string of the molecule is COC(C)CNc1nc(C(F)(F)F)ccc1C#N. The lowest BCUT2D eigenvalue weighted by atomic mass is 10.2. The molecule has 7 heteroatoms. The van der Waals surface area contributed by atoms with E-state index in [1.54, 1.807) is 13.0 Å². The van der Waals surface area contributed by atoms with Crippen molar-refractivity contribution in [2.75, 3.05) is 19.0 Å². The average molecular weight is 259 g/mol. The second kappa shape index (κ2) is 5.69. The molecule has 0 saturated carbocycles. The number of pyridine rings is 1. The zero-order valence-electron chi connectivity index (χ0n) is 9.88. The minimum atomic E-state index is -4.53. The highest BCUT2D eigenvalue weighted by Crippen LogP contribution is 2.29. The number of nitriles is 1. The van der Waals surface area contributed by atoms with Crippen LogP contribution in [-0.2, 0) is 10.9 Å². The average Bonchev–Trinajstić information content (AvgIpc) is 2.34. The summed E-state index contributed by atoms with van der Waals surface area (Å²) >= 11 is 0. The van der Waals surface area contributed by atoms with Gasteiger partial charge in [0, 0.05) is 13.7 Å². The first kappa shape index (κ1) is 14.3. The third kappa shape index (κ3) is 3.60. The van der Waals surface area contributed by atoms with Gasteiger partial charge in [-0.05, 0) is 19.1 Å². The largest absolute Gasteiger partial charge is 0.433 e. The number of aromatic nitrogens is 1. The molecule has 0 radical (unpaired) electrons. The lowest BCUT2D eigenvalue weighted by Gasteiger charge is -2.13. The molecule has 1 N–H and O–H groups in total. The van der Waals surface area contributed by atoms with E-state index < -0.39 is 11.9 Å². The number of nitrogens with one attached hydrogen (secondary N) is 1. The van der Waals surface area contributed by atoms with E-state index in [1.165, 1.54) is 7.11 Å². The molecule has 0 aliphatic heterocycles. The second-order valence-corrected chi connectivity index (χ2v) is 3.63. The highest BCUT2D eigenvalue weighted by molar-refractivity contribution is 5.52. The van der Waals surface area contributed by atoms with Gasteiger partial charge in [0.05, 0.1) is 11.7 Å². The van der Waals surface area contributed by atoms with E-state index in [0.717, 1.165) is 12.1 Å². The molecule has 0 aliphatic carbocycles. The minimum absolute atomic E-state index is 0.0614. The van der Waals surface area contributed by atoms with E-state index in [0.29, 0.717) is 0 Å². The van der Waals surface area contributed by atoms with E-state index in [2.05, 4.69) is 10.3 Å². The van der Waals surface area contributed by atoms with Gasteiger partial charge in [0.15, 0.2) is 0 Å². The Morgan fingerprint density at radius 1 is 1.50 bits per heavy atom. The van der Waals surface area contributed by atoms with Crippen LogP contribution >= 0.6 is 0 Å². The van der Waals surface area contributed by atoms with E-state index in [9.17, 15) is 13.2 Å². The Hall–Kier alpha value is -1.81. The number of rotatable bonds is 4. The maximum absolute atomic E-state index is 12.5. The van der Waals surface area contributed by atoms with Gasteiger partial charge in [0.1, 0.15) is 17.6 Å². The van der Waals surface area contributed by atoms with Crippen LogP contribution in [0.2, 0.25) is 0 Å². The summed E-state index contributed by atoms with van der Waals surface area (Å²) in [6.45, 7) is 2.01. The van der Waals surface area contributed by atoms with Gasteiger partial charge in [-0.25, -0.2) is 4.98 Å². The summed E-state index contributed by atoms with van der Waals surface area (Å²) < 4.78 is 42.4. The molecule has 1 aromatic rings. The molecule has 0 fully saturated rings. The van der Waals surface area contributed by atoms with Gasteiger partial charge >= 0.3 is 6.18 Å². The van der Waals surface area contributed by atoms with Gasteiger partial charge < -0.3 is 10.1 Å². The molecule has 0 aliphatic rings. The molecule has 1 heterocycles. The molecule has 0 spiro atoms. The second-order valence-electron chi connectivity index (χ2n) is 3.63. The van der Waals surface area contributed by atoms with Gasteiger partial charge in [-0.15, -0.1) is 0 Å². The predicted octanol–water partition coefficient (Wildman–Crippen LogP) is 2.42. The molecule has 1 atom stereocenters. The number of hydrogen-bond donors (Lipinski definition) is 1. The highest BCUT2D eigenvalue weighted by Gasteiger charge is 2.33. The monoisotopic (exact) mass is 259 g/mol. The van der Waals surface area contributed by atoms with Crippen LogP contribution in [0.3, 0.4) is 0 Å². The molecule has 18 heavy (non-hydrogen) atoms. The third-order valence-corrected chi connectivity index (χ3v) is 2.27. The molecular formula is C11H12F3N3O. The van der Waals surface area contributed by atoms with Crippen molar-refractivity contribution in [1.29, 1.82) is 5.26 Å². The lowest BCUT2D eigenvalue weighted by molar-refractivity contribution is -0.141. The molecule has 0 amide bonds. The Morgan fingerprint density at radius 2 is 2.17 bits per heavy atom. The molecule has 1 rings (SSSR count). The van der Waals surface area contributed by atoms with Crippen molar-refractivity contribution < 1.29 is 17.9 Å². The summed E-state index contributed by atoms with van der Waals surface area (Å²) in [7, 11) is 1.48. The van der Waals surface area contributed by atoms with E-state index in [-0.39, 0.29) is 24.0 Å². The summed E-state index contributed by atoms with van der Waals surface area (Å²) in [5.41, 5.74) is -0.972. The van der Waals surface area contributed by atoms with Crippen molar-refractivity contribution in [2.24, 2.45) is 0 Å². The maximum Gasteiger partial charge on any atom is 0.433 e. The molecule has 0 saturated heterocycles. The first-order valence-electron chi connectivity index (χ1n) is 5.13. The number of alkyl halides is 3. The molecule has 1 aromatic heterocycles. The van der Waals surface area contributed by atoms with Gasteiger partial charge in [0.2, 0.25) is 0 Å². The van der Waals surface area contributed by atoms with Crippen LogP contribution in [0.25, 0.3) is 0 Å². The molecule has 1 unspecified atom stereocenters. The zero-order valence-corrected chi connectivity index (χ0v) is 9.88. The fourth-order valence-electron chi connectivity index (χ4n) is 1.17. The van der Waals surface area contributed by atoms with Crippen LogP contribution in [0.15, 0.2) is 12.1 Å². The Bertz CT molecular complexity index is 454. The summed E-state index contributed by atoms with van der Waals surface area (Å²) in [6, 6.07) is 3.66. The maximum atomic E-state index is 12.5. The lowest BCUT2D eigenvalue weighted by Crippen LogP contribution is -2.20. The Morgan fingerprint density at radius 3 is 2.67 bits per heavy atom. The van der Waals surface area contributed by atoms with Gasteiger partial charge in [0.25, 0.3) is 0 Å². The Balaban J connectivity index is 2.97. The molecule has 98 valence electrons. The van der Waals surface area contributed by atoms with Crippen LogP contribution in [-0.4, -0.2) is 24.7 Å². The first-order chi connectivity index (χ1) is 8.38. The first-order valence-corrected chi connectivity index (χ1v) is 5.13. The third-order valence-electron chi connectivity index (χ3n) is 2.27. The standard InChI is InChI=1S/C11H12F3N3O/c1-7(18-2)6-16-10-8(5-15)3-4-9(17-10)11(12,13)14/h3-4,7H,6H2,1-2H3,(H,16,17). The number of halogens is 3. The van der Waals surface area contributed by atoms with E-state index in [1.807, 2.05) is 0 Å². The quantitative estimate of drug-likeness (QED) is 0.902. The Labute approximate surface area is 102 Å². The molecule has 4 nitrogen and oxygen atoms in total. The zero-order chi connectivity index (χ0) is 13.8. The summed E-state index contributed by atoms with van der Waals surface area (Å²) in [5.74, 6) is -0.0868. The van der Waals surface area contributed by atoms with E-state index >= 15 is 0 Å². The van der Waals surface area contributed by atoms with Gasteiger partial charge in [-0.3, -0.25) is 0 Å². The highest BCUT2D eigenvalue weighted by atomic mass is 19.4. The van der Waals surface area contributed by atoms with Crippen LogP contribution in [0.4, 0.5) is 19.0 Å². The van der Waals surface area contributed by atoms with Crippen LogP contribution in [0, 0.1) is 11.3 Å². The normalized spacial score (nSPS) is 12.9. The van der Waals surface area contributed by atoms with Crippen molar-refractivity contribution >= 4 is 5.82 Å². The van der Waals surface area contributed by atoms with E-state index in [4.69, 9.17) is 10.00 Å². The Kier molecular flexibility index (Phi) is 4.50. The van der Waals surface area contributed by atoms with Crippen molar-refractivity contribution in [1.82, 2.24) is 4.98 Å². The van der Waals surface area contributed by atoms with Gasteiger partial charge in [-0.1, -0.05) is 0 Å². The van der Waals surface area contributed by atoms with Crippen LogP contribution < -0.4 is 5.32 Å². The molecular weight excluding hydrogens is 247 g/mol. The van der Waals surface area contributed by atoms with Crippen molar-refractivity contribution in [3.05, 3.63) is 23.4 Å². The summed E-state index contributed by atoms with van der Waals surface area (Å²) in [6.07, 6.45) is -4.73. The van der Waals surface area contributed by atoms with Crippen molar-refractivity contribution in [3.63, 3.8) is 0 Å². The molecule has 0 aromatic carbocycles. The number of methoxy groups -OCH3 is 1.